The second kappa shape index (κ2) is 7.56. The van der Waals surface area contributed by atoms with Gasteiger partial charge in [0.1, 0.15) is 5.54 Å². The molecule has 0 bridgehead atoms. The number of nitrogens with one attached hydrogen (secondary N) is 1. The Bertz CT molecular complexity index is 346. The maximum atomic E-state index is 11.3. The van der Waals surface area contributed by atoms with E-state index in [1.54, 1.807) is 6.92 Å². The van der Waals surface area contributed by atoms with Gasteiger partial charge in [0.15, 0.2) is 0 Å². The summed E-state index contributed by atoms with van der Waals surface area (Å²) < 4.78 is 0. The van der Waals surface area contributed by atoms with Crippen LogP contribution in [0.2, 0.25) is 0 Å². The van der Waals surface area contributed by atoms with E-state index in [0.29, 0.717) is 13.0 Å². The average molecular weight is 299 g/mol. The van der Waals surface area contributed by atoms with E-state index in [2.05, 4.69) is 36.0 Å². The fourth-order valence-electron chi connectivity index (χ4n) is 3.01. The summed E-state index contributed by atoms with van der Waals surface area (Å²) >= 11 is 0. The van der Waals surface area contributed by atoms with Gasteiger partial charge in [0.2, 0.25) is 0 Å². The minimum Gasteiger partial charge on any atom is -0.480 e. The van der Waals surface area contributed by atoms with E-state index in [0.717, 1.165) is 39.0 Å². The molecule has 5 heteroatoms. The van der Waals surface area contributed by atoms with Crippen LogP contribution in [0, 0.1) is 0 Å². The van der Waals surface area contributed by atoms with Gasteiger partial charge in [-0.2, -0.15) is 0 Å². The largest absolute Gasteiger partial charge is 0.480 e. The van der Waals surface area contributed by atoms with Crippen molar-refractivity contribution in [2.45, 2.75) is 58.0 Å². The Morgan fingerprint density at radius 1 is 1.33 bits per heavy atom. The Kier molecular flexibility index (Phi) is 6.63. The van der Waals surface area contributed by atoms with Crippen LogP contribution in [0.1, 0.15) is 47.0 Å². The first-order valence-electron chi connectivity index (χ1n) is 8.13. The highest BCUT2D eigenvalue weighted by Gasteiger charge is 2.32. The summed E-state index contributed by atoms with van der Waals surface area (Å²) in [6.45, 7) is 13.4. The number of hydrogen-bond acceptors (Lipinski definition) is 4. The van der Waals surface area contributed by atoms with Gasteiger partial charge in [0.05, 0.1) is 0 Å². The average Bonchev–Trinajstić information content (AvgIpc) is 2.38. The van der Waals surface area contributed by atoms with Crippen molar-refractivity contribution in [2.24, 2.45) is 0 Å². The normalized spacial score (nSPS) is 22.9. The van der Waals surface area contributed by atoms with Crippen molar-refractivity contribution < 1.29 is 9.90 Å². The summed E-state index contributed by atoms with van der Waals surface area (Å²) in [5, 5.41) is 12.4. The van der Waals surface area contributed by atoms with Crippen molar-refractivity contribution in [3.8, 4) is 0 Å². The summed E-state index contributed by atoms with van der Waals surface area (Å²) in [6.07, 6.45) is 2.70. The van der Waals surface area contributed by atoms with Crippen molar-refractivity contribution in [1.29, 1.82) is 0 Å². The minimum absolute atomic E-state index is 0.234. The molecular formula is C16H33N3O2. The third kappa shape index (κ3) is 5.24. The van der Waals surface area contributed by atoms with Gasteiger partial charge >= 0.3 is 5.97 Å². The van der Waals surface area contributed by atoms with E-state index in [-0.39, 0.29) is 5.54 Å². The Hall–Kier alpha value is -0.650. The third-order valence-corrected chi connectivity index (χ3v) is 4.84. The molecule has 1 fully saturated rings. The molecule has 1 aliphatic rings. The summed E-state index contributed by atoms with van der Waals surface area (Å²) in [4.78, 5) is 16.3. The summed E-state index contributed by atoms with van der Waals surface area (Å²) in [5.41, 5.74) is -0.548. The van der Waals surface area contributed by atoms with Gasteiger partial charge < -0.3 is 15.3 Å². The predicted octanol–water partition coefficient (Wildman–Crippen LogP) is 1.64. The Labute approximate surface area is 129 Å². The highest BCUT2D eigenvalue weighted by Crippen LogP contribution is 2.20. The number of likely N-dealkylation sites (N-methyl/N-ethyl adjacent to an activating group) is 2. The lowest BCUT2D eigenvalue weighted by Gasteiger charge is -2.45. The fourth-order valence-corrected chi connectivity index (χ4v) is 3.01. The van der Waals surface area contributed by atoms with Crippen LogP contribution in [0.25, 0.3) is 0 Å². The molecule has 2 N–H and O–H groups in total. The molecule has 0 aromatic rings. The Morgan fingerprint density at radius 2 is 2.00 bits per heavy atom. The lowest BCUT2D eigenvalue weighted by molar-refractivity contribution is -0.144. The summed E-state index contributed by atoms with van der Waals surface area (Å²) in [7, 11) is 2.19. The van der Waals surface area contributed by atoms with Crippen LogP contribution in [0.3, 0.4) is 0 Å². The molecule has 21 heavy (non-hydrogen) atoms. The molecular weight excluding hydrogens is 266 g/mol. The molecule has 1 heterocycles. The van der Waals surface area contributed by atoms with E-state index < -0.39 is 11.5 Å². The second-order valence-corrected chi connectivity index (χ2v) is 7.13. The lowest BCUT2D eigenvalue weighted by Crippen LogP contribution is -2.57. The molecule has 124 valence electrons. The van der Waals surface area contributed by atoms with Gasteiger partial charge in [-0.3, -0.25) is 9.69 Å². The van der Waals surface area contributed by atoms with Crippen LogP contribution in [0.5, 0.6) is 0 Å². The van der Waals surface area contributed by atoms with Crippen LogP contribution in [-0.2, 0) is 4.79 Å². The van der Waals surface area contributed by atoms with E-state index in [1.165, 1.54) is 0 Å². The first-order chi connectivity index (χ1) is 9.71. The van der Waals surface area contributed by atoms with Crippen LogP contribution in [0.15, 0.2) is 0 Å². The lowest BCUT2D eigenvalue weighted by atomic mass is 9.94. The van der Waals surface area contributed by atoms with Gasteiger partial charge in [0, 0.05) is 25.2 Å². The van der Waals surface area contributed by atoms with Crippen LogP contribution in [0.4, 0.5) is 0 Å². The van der Waals surface area contributed by atoms with Gasteiger partial charge in [0.25, 0.3) is 0 Å². The zero-order chi connectivity index (χ0) is 16.1. The molecule has 0 aromatic heterocycles. The highest BCUT2D eigenvalue weighted by atomic mass is 16.4. The third-order valence-electron chi connectivity index (χ3n) is 4.84. The van der Waals surface area contributed by atoms with E-state index in [4.69, 9.17) is 0 Å². The van der Waals surface area contributed by atoms with Gasteiger partial charge in [-0.15, -0.1) is 0 Å². The topological polar surface area (TPSA) is 55.8 Å². The number of hydrogen-bond donors (Lipinski definition) is 2. The number of nitrogens with zero attached hydrogens (tertiary/aromatic N) is 2. The van der Waals surface area contributed by atoms with Crippen molar-refractivity contribution in [3.63, 3.8) is 0 Å². The standard InChI is InChI=1S/C16H33N3O2/c1-6-17-16(4,14(20)21)9-7-8-10-19-12-11-18(5)15(2,3)13-19/h17H,6-13H2,1-5H3,(H,20,21). The zero-order valence-electron chi connectivity index (χ0n) is 14.4. The van der Waals surface area contributed by atoms with Crippen LogP contribution in [-0.4, -0.2) is 71.7 Å². The second-order valence-electron chi connectivity index (χ2n) is 7.13. The maximum Gasteiger partial charge on any atom is 0.323 e. The first kappa shape index (κ1) is 18.4. The molecule has 0 aliphatic carbocycles. The maximum absolute atomic E-state index is 11.3. The summed E-state index contributed by atoms with van der Waals surface area (Å²) in [5.74, 6) is -0.745. The number of unbranched alkanes of at least 4 members (excludes halogenated alkanes) is 1. The number of carbonyl (C=O) groups is 1. The Morgan fingerprint density at radius 3 is 2.52 bits per heavy atom. The van der Waals surface area contributed by atoms with Crippen LogP contribution >= 0.6 is 0 Å². The zero-order valence-corrected chi connectivity index (χ0v) is 14.4. The fraction of sp³-hybridized carbons (Fsp3) is 0.938. The van der Waals surface area contributed by atoms with E-state index >= 15 is 0 Å². The van der Waals surface area contributed by atoms with Crippen LogP contribution < -0.4 is 5.32 Å². The molecule has 1 saturated heterocycles. The van der Waals surface area contributed by atoms with Gasteiger partial charge in [-0.05, 0) is 60.2 Å². The molecule has 1 atom stereocenters. The monoisotopic (exact) mass is 299 g/mol. The number of aliphatic carboxylic acids is 1. The van der Waals surface area contributed by atoms with Crippen molar-refractivity contribution in [3.05, 3.63) is 0 Å². The van der Waals surface area contributed by atoms with E-state index in [1.807, 2.05) is 6.92 Å². The SMILES string of the molecule is CCNC(C)(CCCCN1CCN(C)C(C)(C)C1)C(=O)O. The van der Waals surface area contributed by atoms with Gasteiger partial charge in [-0.1, -0.05) is 6.92 Å². The number of piperazine rings is 1. The summed E-state index contributed by atoms with van der Waals surface area (Å²) in [6, 6.07) is 0. The minimum atomic E-state index is -0.782. The first-order valence-corrected chi connectivity index (χ1v) is 8.13. The quantitative estimate of drug-likeness (QED) is 0.667. The molecule has 1 aliphatic heterocycles. The van der Waals surface area contributed by atoms with Gasteiger partial charge in [-0.25, -0.2) is 0 Å². The Balaban J connectivity index is 2.32. The van der Waals surface area contributed by atoms with E-state index in [9.17, 15) is 9.90 Å². The molecule has 1 unspecified atom stereocenters. The molecule has 0 spiro atoms. The smallest absolute Gasteiger partial charge is 0.323 e. The van der Waals surface area contributed by atoms with Crippen molar-refractivity contribution in [2.75, 3.05) is 39.8 Å². The molecule has 0 amide bonds. The molecule has 0 radical (unpaired) electrons. The number of carboxylic acids is 1. The van der Waals surface area contributed by atoms with Crippen molar-refractivity contribution in [1.82, 2.24) is 15.1 Å². The predicted molar refractivity (Wildman–Crippen MR) is 86.7 cm³/mol. The molecule has 5 nitrogen and oxygen atoms in total. The molecule has 0 saturated carbocycles. The highest BCUT2D eigenvalue weighted by molar-refractivity contribution is 5.78. The molecule has 0 aromatic carbocycles. The molecule has 1 rings (SSSR count). The number of carboxylic acid groups (broad SMARTS) is 1. The number of rotatable bonds is 8. The van der Waals surface area contributed by atoms with Crippen molar-refractivity contribution >= 4 is 5.97 Å².